The zero-order valence-corrected chi connectivity index (χ0v) is 18.8. The Labute approximate surface area is 179 Å². The van der Waals surface area contributed by atoms with Crippen molar-refractivity contribution in [2.24, 2.45) is 5.92 Å². The summed E-state index contributed by atoms with van der Waals surface area (Å²) in [4.78, 5) is 30.6. The number of rotatable bonds is 6. The fourth-order valence-electron chi connectivity index (χ4n) is 3.25. The highest BCUT2D eigenvalue weighted by molar-refractivity contribution is 7.98. The number of carbonyl (C=O) groups excluding carboxylic acids is 1. The molecule has 6 nitrogen and oxygen atoms in total. The van der Waals surface area contributed by atoms with E-state index in [9.17, 15) is 9.59 Å². The van der Waals surface area contributed by atoms with Gasteiger partial charge in [0.2, 0.25) is 5.91 Å². The van der Waals surface area contributed by atoms with E-state index in [1.165, 1.54) is 11.8 Å². The zero-order chi connectivity index (χ0) is 21.3. The number of nitrogens with one attached hydrogen (secondary N) is 1. The van der Waals surface area contributed by atoms with Gasteiger partial charge in [0.25, 0.3) is 5.56 Å². The van der Waals surface area contributed by atoms with Crippen molar-refractivity contribution in [3.05, 3.63) is 50.9 Å². The molecule has 2 aromatic heterocycles. The number of fused-ring (bicyclic) bond motifs is 1. The van der Waals surface area contributed by atoms with Crippen LogP contribution < -0.4 is 10.9 Å². The van der Waals surface area contributed by atoms with Crippen molar-refractivity contribution < 1.29 is 4.79 Å². The number of halogens is 1. The first-order valence-corrected chi connectivity index (χ1v) is 11.0. The van der Waals surface area contributed by atoms with Crippen molar-refractivity contribution in [2.45, 2.75) is 45.9 Å². The van der Waals surface area contributed by atoms with Gasteiger partial charge in [0.1, 0.15) is 12.1 Å². The monoisotopic (exact) mass is 432 g/mol. The van der Waals surface area contributed by atoms with E-state index in [0.717, 1.165) is 11.3 Å². The van der Waals surface area contributed by atoms with Gasteiger partial charge in [-0.25, -0.2) is 4.98 Å². The number of amides is 1. The molecule has 8 heteroatoms. The summed E-state index contributed by atoms with van der Waals surface area (Å²) in [5.74, 6) is 0.0752. The third kappa shape index (κ3) is 4.51. The molecule has 0 radical (unpaired) electrons. The Kier molecular flexibility index (Phi) is 6.39. The lowest BCUT2D eigenvalue weighted by Crippen LogP contribution is -2.28. The average molecular weight is 433 g/mol. The predicted molar refractivity (Wildman–Crippen MR) is 120 cm³/mol. The molecular weight excluding hydrogens is 408 g/mol. The van der Waals surface area contributed by atoms with Crippen molar-refractivity contribution in [2.75, 3.05) is 11.6 Å². The summed E-state index contributed by atoms with van der Waals surface area (Å²) in [5, 5.41) is 4.13. The van der Waals surface area contributed by atoms with E-state index in [2.05, 4.69) is 24.1 Å². The minimum Gasteiger partial charge on any atom is -0.330 e. The molecule has 1 aromatic carbocycles. The topological polar surface area (TPSA) is 68.9 Å². The normalized spacial score (nSPS) is 11.4. The predicted octanol–water partition coefficient (Wildman–Crippen LogP) is 4.48. The van der Waals surface area contributed by atoms with Crippen LogP contribution in [0.3, 0.4) is 0 Å². The van der Waals surface area contributed by atoms with E-state index in [0.29, 0.717) is 39.4 Å². The SMILES string of the molecule is CSc1nc2cc(C)n(CC(=O)Nc3ccc(C)c(Cl)c3)c2c(=O)n1CC(C)C. The number of carbonyl (C=O) groups is 1. The Hall–Kier alpha value is -2.25. The van der Waals surface area contributed by atoms with Crippen LogP contribution in [-0.2, 0) is 17.9 Å². The summed E-state index contributed by atoms with van der Waals surface area (Å²) >= 11 is 7.59. The highest BCUT2D eigenvalue weighted by Gasteiger charge is 2.18. The number of benzene rings is 1. The van der Waals surface area contributed by atoms with Gasteiger partial charge in [0, 0.05) is 22.9 Å². The van der Waals surface area contributed by atoms with E-state index in [1.807, 2.05) is 38.3 Å². The van der Waals surface area contributed by atoms with Gasteiger partial charge in [-0.1, -0.05) is 43.3 Å². The second-order valence-electron chi connectivity index (χ2n) is 7.53. The minimum atomic E-state index is -0.228. The maximum atomic E-state index is 13.2. The molecule has 3 aromatic rings. The van der Waals surface area contributed by atoms with Gasteiger partial charge in [-0.3, -0.25) is 14.2 Å². The van der Waals surface area contributed by atoms with E-state index < -0.39 is 0 Å². The number of hydrogen-bond donors (Lipinski definition) is 1. The number of nitrogens with zero attached hydrogens (tertiary/aromatic N) is 3. The van der Waals surface area contributed by atoms with E-state index in [4.69, 9.17) is 11.6 Å². The summed E-state index contributed by atoms with van der Waals surface area (Å²) < 4.78 is 3.43. The Balaban J connectivity index is 1.98. The van der Waals surface area contributed by atoms with Crippen LogP contribution in [-0.4, -0.2) is 26.3 Å². The molecule has 1 N–H and O–H groups in total. The van der Waals surface area contributed by atoms with Crippen LogP contribution >= 0.6 is 23.4 Å². The molecule has 0 aliphatic rings. The summed E-state index contributed by atoms with van der Waals surface area (Å²) in [5.41, 5.74) is 3.34. The van der Waals surface area contributed by atoms with Crippen LogP contribution in [0.2, 0.25) is 5.02 Å². The molecule has 0 aliphatic carbocycles. The van der Waals surface area contributed by atoms with Crippen molar-refractivity contribution >= 4 is 46.0 Å². The Morgan fingerprint density at radius 3 is 2.59 bits per heavy atom. The van der Waals surface area contributed by atoms with Crippen molar-refractivity contribution in [3.63, 3.8) is 0 Å². The smallest absolute Gasteiger partial charge is 0.278 e. The van der Waals surface area contributed by atoms with Crippen LogP contribution in [0.1, 0.15) is 25.1 Å². The molecule has 0 spiro atoms. The summed E-state index contributed by atoms with van der Waals surface area (Å²) in [6, 6.07) is 7.23. The molecule has 154 valence electrons. The maximum Gasteiger partial charge on any atom is 0.278 e. The highest BCUT2D eigenvalue weighted by Crippen LogP contribution is 2.22. The lowest BCUT2D eigenvalue weighted by atomic mass is 10.2. The van der Waals surface area contributed by atoms with Gasteiger partial charge in [-0.05, 0) is 49.8 Å². The molecule has 0 aliphatic heterocycles. The Morgan fingerprint density at radius 2 is 1.97 bits per heavy atom. The Bertz CT molecular complexity index is 1130. The van der Waals surface area contributed by atoms with Gasteiger partial charge in [0.05, 0.1) is 5.52 Å². The number of anilines is 1. The summed E-state index contributed by atoms with van der Waals surface area (Å²) in [6.07, 6.45) is 1.91. The molecule has 3 rings (SSSR count). The number of thioether (sulfide) groups is 1. The Morgan fingerprint density at radius 1 is 1.24 bits per heavy atom. The van der Waals surface area contributed by atoms with Crippen molar-refractivity contribution in [1.29, 1.82) is 0 Å². The molecule has 0 atom stereocenters. The fourth-order valence-corrected chi connectivity index (χ4v) is 4.00. The first kappa shape index (κ1) is 21.5. The zero-order valence-electron chi connectivity index (χ0n) is 17.2. The van der Waals surface area contributed by atoms with E-state index in [-0.39, 0.29) is 18.0 Å². The number of aromatic nitrogens is 3. The van der Waals surface area contributed by atoms with Gasteiger partial charge >= 0.3 is 0 Å². The summed E-state index contributed by atoms with van der Waals surface area (Å²) in [7, 11) is 0. The molecule has 0 saturated carbocycles. The van der Waals surface area contributed by atoms with E-state index in [1.54, 1.807) is 15.2 Å². The second-order valence-corrected chi connectivity index (χ2v) is 8.71. The molecule has 0 saturated heterocycles. The molecular formula is C21H25ClN4O2S. The first-order chi connectivity index (χ1) is 13.7. The van der Waals surface area contributed by atoms with E-state index >= 15 is 0 Å². The van der Waals surface area contributed by atoms with Crippen LogP contribution in [0.15, 0.2) is 34.2 Å². The molecule has 2 heterocycles. The molecule has 0 bridgehead atoms. The van der Waals surface area contributed by atoms with Crippen molar-refractivity contribution in [1.82, 2.24) is 14.1 Å². The van der Waals surface area contributed by atoms with Crippen LogP contribution in [0.25, 0.3) is 11.0 Å². The first-order valence-electron chi connectivity index (χ1n) is 9.42. The van der Waals surface area contributed by atoms with Crippen LogP contribution in [0.4, 0.5) is 5.69 Å². The maximum absolute atomic E-state index is 13.2. The minimum absolute atomic E-state index is 0.0258. The standard InChI is InChI=1S/C21H25ClN4O2S/c1-12(2)10-26-20(28)19-17(24-21(26)29-5)8-14(4)25(19)11-18(27)23-15-7-6-13(3)16(22)9-15/h6-9,12H,10-11H2,1-5H3,(H,23,27). The summed E-state index contributed by atoms with van der Waals surface area (Å²) in [6.45, 7) is 8.51. The van der Waals surface area contributed by atoms with Gasteiger partial charge < -0.3 is 9.88 Å². The third-order valence-corrected chi connectivity index (χ3v) is 5.75. The lowest BCUT2D eigenvalue weighted by molar-refractivity contribution is -0.116. The fraction of sp³-hybridized carbons (Fsp3) is 0.381. The van der Waals surface area contributed by atoms with Gasteiger partial charge in [0.15, 0.2) is 5.16 Å². The number of hydrogen-bond acceptors (Lipinski definition) is 4. The number of aryl methyl sites for hydroxylation is 2. The molecule has 29 heavy (non-hydrogen) atoms. The third-order valence-electron chi connectivity index (χ3n) is 4.67. The molecule has 0 fully saturated rings. The largest absolute Gasteiger partial charge is 0.330 e. The van der Waals surface area contributed by atoms with Gasteiger partial charge in [-0.15, -0.1) is 0 Å². The molecule has 1 amide bonds. The van der Waals surface area contributed by atoms with Crippen LogP contribution in [0, 0.1) is 19.8 Å². The molecule has 0 unspecified atom stereocenters. The lowest BCUT2D eigenvalue weighted by Gasteiger charge is -2.14. The van der Waals surface area contributed by atoms with Crippen LogP contribution in [0.5, 0.6) is 0 Å². The highest BCUT2D eigenvalue weighted by atomic mass is 35.5. The second kappa shape index (κ2) is 8.63. The average Bonchev–Trinajstić information content (AvgIpc) is 2.95. The quantitative estimate of drug-likeness (QED) is 0.460. The van der Waals surface area contributed by atoms with Gasteiger partial charge in [-0.2, -0.15) is 0 Å². The van der Waals surface area contributed by atoms with Crippen molar-refractivity contribution in [3.8, 4) is 0 Å².